The van der Waals surface area contributed by atoms with Crippen LogP contribution in [0.2, 0.25) is 0 Å². The quantitative estimate of drug-likeness (QED) is 0.547. The van der Waals surface area contributed by atoms with E-state index in [-0.39, 0.29) is 5.91 Å². The number of furan rings is 1. The summed E-state index contributed by atoms with van der Waals surface area (Å²) in [5.41, 5.74) is 3.39. The Morgan fingerprint density at radius 2 is 1.81 bits per heavy atom. The van der Waals surface area contributed by atoms with Crippen LogP contribution in [0.3, 0.4) is 0 Å². The van der Waals surface area contributed by atoms with Crippen molar-refractivity contribution < 1.29 is 13.6 Å². The van der Waals surface area contributed by atoms with E-state index in [0.717, 1.165) is 22.8 Å². The number of benzene rings is 2. The van der Waals surface area contributed by atoms with E-state index < -0.39 is 5.63 Å². The maximum Gasteiger partial charge on any atom is 0.336 e. The second-order valence-electron chi connectivity index (χ2n) is 6.20. The summed E-state index contributed by atoms with van der Waals surface area (Å²) in [4.78, 5) is 23.9. The Kier molecular flexibility index (Phi) is 3.84. The minimum Gasteiger partial charge on any atom is -0.451 e. The number of nitrogens with one attached hydrogen (secondary N) is 1. The van der Waals surface area contributed by atoms with Gasteiger partial charge in [0, 0.05) is 28.1 Å². The van der Waals surface area contributed by atoms with Crippen LogP contribution in [0.25, 0.3) is 21.9 Å². The maximum absolute atomic E-state index is 12.7. The number of anilines is 1. The van der Waals surface area contributed by atoms with E-state index in [2.05, 4.69) is 18.3 Å². The zero-order valence-electron chi connectivity index (χ0n) is 14.5. The number of amides is 1. The van der Waals surface area contributed by atoms with Crippen molar-refractivity contribution in [2.75, 3.05) is 5.32 Å². The highest BCUT2D eigenvalue weighted by molar-refractivity contribution is 6.07. The SMILES string of the molecule is CCc1ccc2oc(C(=O)Nc3ccc4oc(=O)ccc4c3)c(C)c2c1. The standard InChI is InChI=1S/C21H17NO4/c1-3-13-4-7-18-16(10-13)12(2)20(26-18)21(24)22-15-6-8-17-14(11-15)5-9-19(23)25-17/h4-11H,3H2,1-2H3,(H,22,24). The maximum atomic E-state index is 12.7. The van der Waals surface area contributed by atoms with Crippen molar-refractivity contribution in [3.63, 3.8) is 0 Å². The molecule has 4 rings (SSSR count). The minimum atomic E-state index is -0.404. The topological polar surface area (TPSA) is 72.5 Å². The van der Waals surface area contributed by atoms with E-state index in [0.29, 0.717) is 22.6 Å². The molecular weight excluding hydrogens is 330 g/mol. The van der Waals surface area contributed by atoms with Crippen LogP contribution in [-0.2, 0) is 6.42 Å². The average molecular weight is 347 g/mol. The molecule has 0 saturated heterocycles. The molecule has 130 valence electrons. The van der Waals surface area contributed by atoms with Crippen LogP contribution >= 0.6 is 0 Å². The summed E-state index contributed by atoms with van der Waals surface area (Å²) in [5, 5.41) is 4.53. The third-order valence-electron chi connectivity index (χ3n) is 4.49. The molecule has 2 aromatic carbocycles. The molecule has 4 aromatic rings. The van der Waals surface area contributed by atoms with Crippen LogP contribution in [0, 0.1) is 6.92 Å². The van der Waals surface area contributed by atoms with Crippen molar-refractivity contribution in [3.8, 4) is 0 Å². The molecule has 5 nitrogen and oxygen atoms in total. The van der Waals surface area contributed by atoms with E-state index in [1.807, 2.05) is 19.1 Å². The summed E-state index contributed by atoms with van der Waals surface area (Å²) in [6, 6.07) is 14.1. The number of rotatable bonds is 3. The molecular formula is C21H17NO4. The van der Waals surface area contributed by atoms with Crippen molar-refractivity contribution in [1.82, 2.24) is 0 Å². The Hall–Kier alpha value is -3.34. The summed E-state index contributed by atoms with van der Waals surface area (Å²) in [6.45, 7) is 3.97. The van der Waals surface area contributed by atoms with Gasteiger partial charge in [-0.1, -0.05) is 13.0 Å². The molecule has 0 spiro atoms. The van der Waals surface area contributed by atoms with Crippen molar-refractivity contribution in [1.29, 1.82) is 0 Å². The van der Waals surface area contributed by atoms with Crippen molar-refractivity contribution in [3.05, 3.63) is 75.8 Å². The molecule has 2 heterocycles. The van der Waals surface area contributed by atoms with Crippen LogP contribution in [0.15, 0.2) is 62.2 Å². The highest BCUT2D eigenvalue weighted by Crippen LogP contribution is 2.27. The normalized spacial score (nSPS) is 11.2. The molecule has 0 atom stereocenters. The van der Waals surface area contributed by atoms with Gasteiger partial charge < -0.3 is 14.2 Å². The highest BCUT2D eigenvalue weighted by Gasteiger charge is 2.18. The lowest BCUT2D eigenvalue weighted by atomic mass is 10.1. The molecule has 0 unspecified atom stereocenters. The van der Waals surface area contributed by atoms with E-state index in [1.165, 1.54) is 11.6 Å². The first-order valence-corrected chi connectivity index (χ1v) is 8.42. The van der Waals surface area contributed by atoms with E-state index in [1.54, 1.807) is 24.3 Å². The predicted octanol–water partition coefficient (Wildman–Crippen LogP) is 4.66. The Morgan fingerprint density at radius 1 is 1.00 bits per heavy atom. The number of hydrogen-bond acceptors (Lipinski definition) is 4. The van der Waals surface area contributed by atoms with Gasteiger partial charge in [0.25, 0.3) is 5.91 Å². The molecule has 0 aliphatic rings. The van der Waals surface area contributed by atoms with Crippen molar-refractivity contribution in [2.45, 2.75) is 20.3 Å². The fourth-order valence-corrected chi connectivity index (χ4v) is 3.04. The van der Waals surface area contributed by atoms with Crippen molar-refractivity contribution >= 4 is 33.5 Å². The van der Waals surface area contributed by atoms with Crippen LogP contribution in [0.1, 0.15) is 28.6 Å². The molecule has 0 saturated carbocycles. The van der Waals surface area contributed by atoms with Crippen LogP contribution in [0.5, 0.6) is 0 Å². The monoisotopic (exact) mass is 347 g/mol. The molecule has 0 radical (unpaired) electrons. The van der Waals surface area contributed by atoms with Gasteiger partial charge >= 0.3 is 5.63 Å². The van der Waals surface area contributed by atoms with Gasteiger partial charge in [0.05, 0.1) is 0 Å². The number of aryl methyl sites for hydroxylation is 2. The number of carbonyl (C=O) groups excluding carboxylic acids is 1. The second kappa shape index (κ2) is 6.19. The first-order chi connectivity index (χ1) is 12.5. The molecule has 0 aliphatic carbocycles. The summed E-state index contributed by atoms with van der Waals surface area (Å²) in [6.07, 6.45) is 0.926. The van der Waals surface area contributed by atoms with E-state index >= 15 is 0 Å². The molecule has 26 heavy (non-hydrogen) atoms. The van der Waals surface area contributed by atoms with Gasteiger partial charge in [-0.25, -0.2) is 4.79 Å². The van der Waals surface area contributed by atoms with Gasteiger partial charge in [0.2, 0.25) is 0 Å². The van der Waals surface area contributed by atoms with E-state index in [9.17, 15) is 9.59 Å². The molecule has 1 amide bonds. The first-order valence-electron chi connectivity index (χ1n) is 8.42. The smallest absolute Gasteiger partial charge is 0.336 e. The van der Waals surface area contributed by atoms with Crippen LogP contribution in [-0.4, -0.2) is 5.91 Å². The molecule has 0 fully saturated rings. The number of fused-ring (bicyclic) bond motifs is 2. The minimum absolute atomic E-state index is 0.299. The molecule has 0 bridgehead atoms. The fourth-order valence-electron chi connectivity index (χ4n) is 3.04. The largest absolute Gasteiger partial charge is 0.451 e. The fraction of sp³-hybridized carbons (Fsp3) is 0.143. The van der Waals surface area contributed by atoms with Gasteiger partial charge in [0.15, 0.2) is 5.76 Å². The summed E-state index contributed by atoms with van der Waals surface area (Å²) in [5.74, 6) is -0.0126. The molecule has 2 aromatic heterocycles. The third-order valence-corrected chi connectivity index (χ3v) is 4.49. The molecule has 5 heteroatoms. The lowest BCUT2D eigenvalue weighted by Crippen LogP contribution is -2.12. The zero-order chi connectivity index (χ0) is 18.3. The first kappa shape index (κ1) is 16.1. The molecule has 1 N–H and O–H groups in total. The Morgan fingerprint density at radius 3 is 2.62 bits per heavy atom. The lowest BCUT2D eigenvalue weighted by Gasteiger charge is -2.05. The second-order valence-corrected chi connectivity index (χ2v) is 6.20. The Labute approximate surface area is 149 Å². The van der Waals surface area contributed by atoms with E-state index in [4.69, 9.17) is 8.83 Å². The Balaban J connectivity index is 1.68. The Bertz CT molecular complexity index is 1200. The number of carbonyl (C=O) groups is 1. The van der Waals surface area contributed by atoms with Crippen LogP contribution in [0.4, 0.5) is 5.69 Å². The van der Waals surface area contributed by atoms with Gasteiger partial charge in [-0.3, -0.25) is 4.79 Å². The van der Waals surface area contributed by atoms with Crippen molar-refractivity contribution in [2.24, 2.45) is 0 Å². The lowest BCUT2D eigenvalue weighted by molar-refractivity contribution is 0.0998. The summed E-state index contributed by atoms with van der Waals surface area (Å²) < 4.78 is 10.9. The highest BCUT2D eigenvalue weighted by atomic mass is 16.4. The van der Waals surface area contributed by atoms with Gasteiger partial charge in [-0.15, -0.1) is 0 Å². The van der Waals surface area contributed by atoms with Gasteiger partial charge in [-0.05, 0) is 55.3 Å². The molecule has 0 aliphatic heterocycles. The predicted molar refractivity (Wildman–Crippen MR) is 101 cm³/mol. The third kappa shape index (κ3) is 2.77. The zero-order valence-corrected chi connectivity index (χ0v) is 14.5. The number of hydrogen-bond donors (Lipinski definition) is 1. The van der Waals surface area contributed by atoms with Gasteiger partial charge in [0.1, 0.15) is 11.2 Å². The summed E-state index contributed by atoms with van der Waals surface area (Å²) in [7, 11) is 0. The summed E-state index contributed by atoms with van der Waals surface area (Å²) >= 11 is 0. The van der Waals surface area contributed by atoms with Crippen LogP contribution < -0.4 is 10.9 Å². The average Bonchev–Trinajstić information content (AvgIpc) is 2.98. The van der Waals surface area contributed by atoms with Gasteiger partial charge in [-0.2, -0.15) is 0 Å².